The second-order valence-electron chi connectivity index (χ2n) is 4.39. The Morgan fingerprint density at radius 3 is 2.21 bits per heavy atom. The van der Waals surface area contributed by atoms with Crippen molar-refractivity contribution >= 4 is 5.69 Å². The lowest BCUT2D eigenvalue weighted by Crippen LogP contribution is -2.09. The molecule has 3 heteroatoms. The van der Waals surface area contributed by atoms with E-state index < -0.39 is 0 Å². The first-order valence-corrected chi connectivity index (χ1v) is 6.39. The third-order valence-corrected chi connectivity index (χ3v) is 3.11. The maximum Gasteiger partial charge on any atom is 0.123 e. The van der Waals surface area contributed by atoms with Crippen molar-refractivity contribution in [2.24, 2.45) is 0 Å². The maximum atomic E-state index is 12.9. The summed E-state index contributed by atoms with van der Waals surface area (Å²) in [5.41, 5.74) is 2.11. The van der Waals surface area contributed by atoms with Gasteiger partial charge >= 0.3 is 0 Å². The SMILES string of the molecule is CCC(Nc1ccc(OC)cc1)c1ccc(F)cc1. The van der Waals surface area contributed by atoms with Gasteiger partial charge in [-0.1, -0.05) is 19.1 Å². The third kappa shape index (κ3) is 3.47. The van der Waals surface area contributed by atoms with Gasteiger partial charge in [0.15, 0.2) is 0 Å². The van der Waals surface area contributed by atoms with Crippen LogP contribution >= 0.6 is 0 Å². The van der Waals surface area contributed by atoms with Crippen LogP contribution in [0.2, 0.25) is 0 Å². The molecule has 0 radical (unpaired) electrons. The first-order valence-electron chi connectivity index (χ1n) is 6.39. The summed E-state index contributed by atoms with van der Waals surface area (Å²) in [4.78, 5) is 0. The Hall–Kier alpha value is -2.03. The van der Waals surface area contributed by atoms with E-state index in [1.54, 1.807) is 7.11 Å². The van der Waals surface area contributed by atoms with Gasteiger partial charge in [0.1, 0.15) is 11.6 Å². The van der Waals surface area contributed by atoms with Gasteiger partial charge in [-0.2, -0.15) is 0 Å². The Balaban J connectivity index is 2.11. The van der Waals surface area contributed by atoms with E-state index in [1.807, 2.05) is 36.4 Å². The van der Waals surface area contributed by atoms with Crippen molar-refractivity contribution in [3.05, 3.63) is 59.9 Å². The standard InChI is InChI=1S/C16H18FNO/c1-3-16(12-4-6-13(17)7-5-12)18-14-8-10-15(19-2)11-9-14/h4-11,16,18H,3H2,1-2H3. The van der Waals surface area contributed by atoms with Crippen LogP contribution in [0, 0.1) is 5.82 Å². The van der Waals surface area contributed by atoms with Crippen molar-refractivity contribution in [2.75, 3.05) is 12.4 Å². The van der Waals surface area contributed by atoms with Gasteiger partial charge in [0.25, 0.3) is 0 Å². The molecule has 1 N–H and O–H groups in total. The second-order valence-corrected chi connectivity index (χ2v) is 4.39. The summed E-state index contributed by atoms with van der Waals surface area (Å²) in [6.07, 6.45) is 0.928. The fraction of sp³-hybridized carbons (Fsp3) is 0.250. The van der Waals surface area contributed by atoms with Crippen LogP contribution in [0.25, 0.3) is 0 Å². The highest BCUT2D eigenvalue weighted by Crippen LogP contribution is 2.24. The predicted molar refractivity (Wildman–Crippen MR) is 76.0 cm³/mol. The number of methoxy groups -OCH3 is 1. The van der Waals surface area contributed by atoms with Crippen LogP contribution < -0.4 is 10.1 Å². The largest absolute Gasteiger partial charge is 0.497 e. The average molecular weight is 259 g/mol. The summed E-state index contributed by atoms with van der Waals surface area (Å²) in [5, 5.41) is 3.44. The molecule has 0 spiro atoms. The van der Waals surface area contributed by atoms with Gasteiger partial charge in [-0.25, -0.2) is 4.39 Å². The molecule has 2 rings (SSSR count). The van der Waals surface area contributed by atoms with Gasteiger partial charge in [0.05, 0.1) is 13.2 Å². The van der Waals surface area contributed by atoms with Crippen molar-refractivity contribution in [3.8, 4) is 5.75 Å². The second kappa shape index (κ2) is 6.23. The van der Waals surface area contributed by atoms with Crippen LogP contribution in [0.3, 0.4) is 0 Å². The van der Waals surface area contributed by atoms with Crippen LogP contribution in [0.1, 0.15) is 24.9 Å². The Morgan fingerprint density at radius 2 is 1.68 bits per heavy atom. The first-order chi connectivity index (χ1) is 9.22. The first kappa shape index (κ1) is 13.4. The van der Waals surface area contributed by atoms with Crippen LogP contribution in [0.15, 0.2) is 48.5 Å². The average Bonchev–Trinajstić information content (AvgIpc) is 2.46. The minimum absolute atomic E-state index is 0.175. The molecule has 0 bridgehead atoms. The number of hydrogen-bond donors (Lipinski definition) is 1. The molecule has 0 aliphatic rings. The summed E-state index contributed by atoms with van der Waals surface area (Å²) in [7, 11) is 1.65. The number of benzene rings is 2. The maximum absolute atomic E-state index is 12.9. The Kier molecular flexibility index (Phi) is 4.39. The van der Waals surface area contributed by atoms with E-state index in [0.717, 1.165) is 23.4 Å². The summed E-state index contributed by atoms with van der Waals surface area (Å²) in [6.45, 7) is 2.10. The van der Waals surface area contributed by atoms with Gasteiger partial charge in [-0.05, 0) is 48.4 Å². The molecule has 1 unspecified atom stereocenters. The van der Waals surface area contributed by atoms with Crippen molar-refractivity contribution in [1.29, 1.82) is 0 Å². The van der Waals surface area contributed by atoms with E-state index in [-0.39, 0.29) is 11.9 Å². The molecular formula is C16H18FNO. The highest BCUT2D eigenvalue weighted by Gasteiger charge is 2.09. The lowest BCUT2D eigenvalue weighted by molar-refractivity contribution is 0.415. The Labute approximate surface area is 113 Å². The van der Waals surface area contributed by atoms with Gasteiger partial charge in [-0.15, -0.1) is 0 Å². The molecule has 19 heavy (non-hydrogen) atoms. The molecule has 0 saturated heterocycles. The van der Waals surface area contributed by atoms with Crippen molar-refractivity contribution in [1.82, 2.24) is 0 Å². The molecule has 0 fully saturated rings. The van der Waals surface area contributed by atoms with Gasteiger partial charge in [-0.3, -0.25) is 0 Å². The molecule has 2 aromatic carbocycles. The van der Waals surface area contributed by atoms with E-state index in [4.69, 9.17) is 4.74 Å². The highest BCUT2D eigenvalue weighted by molar-refractivity contribution is 5.48. The number of ether oxygens (including phenoxy) is 1. The summed E-state index contributed by atoms with van der Waals surface area (Å²) in [6, 6.07) is 14.6. The quantitative estimate of drug-likeness (QED) is 0.859. The predicted octanol–water partition coefficient (Wildman–Crippen LogP) is 4.40. The molecule has 0 aliphatic carbocycles. The molecule has 0 saturated carbocycles. The molecule has 0 amide bonds. The van der Waals surface area contributed by atoms with Gasteiger partial charge in [0, 0.05) is 5.69 Å². The molecule has 2 nitrogen and oxygen atoms in total. The van der Waals surface area contributed by atoms with Crippen LogP contribution in [-0.2, 0) is 0 Å². The van der Waals surface area contributed by atoms with Crippen molar-refractivity contribution in [2.45, 2.75) is 19.4 Å². The highest BCUT2D eigenvalue weighted by atomic mass is 19.1. The van der Waals surface area contributed by atoms with Crippen LogP contribution in [0.4, 0.5) is 10.1 Å². The third-order valence-electron chi connectivity index (χ3n) is 3.11. The number of rotatable bonds is 5. The lowest BCUT2D eigenvalue weighted by atomic mass is 10.0. The fourth-order valence-electron chi connectivity index (χ4n) is 2.00. The fourth-order valence-corrected chi connectivity index (χ4v) is 2.00. The van der Waals surface area contributed by atoms with Gasteiger partial charge in [0.2, 0.25) is 0 Å². The molecule has 100 valence electrons. The summed E-state index contributed by atoms with van der Waals surface area (Å²) < 4.78 is 18.1. The number of halogens is 1. The normalized spacial score (nSPS) is 11.9. The number of nitrogens with one attached hydrogen (secondary N) is 1. The van der Waals surface area contributed by atoms with E-state index >= 15 is 0 Å². The van der Waals surface area contributed by atoms with E-state index in [1.165, 1.54) is 12.1 Å². The zero-order chi connectivity index (χ0) is 13.7. The van der Waals surface area contributed by atoms with Crippen LogP contribution in [0.5, 0.6) is 5.75 Å². The van der Waals surface area contributed by atoms with Crippen LogP contribution in [-0.4, -0.2) is 7.11 Å². The van der Waals surface area contributed by atoms with Crippen molar-refractivity contribution in [3.63, 3.8) is 0 Å². The monoisotopic (exact) mass is 259 g/mol. The van der Waals surface area contributed by atoms with Gasteiger partial charge < -0.3 is 10.1 Å². The smallest absolute Gasteiger partial charge is 0.123 e. The van der Waals surface area contributed by atoms with E-state index in [2.05, 4.69) is 12.2 Å². The molecule has 0 aliphatic heterocycles. The van der Waals surface area contributed by atoms with E-state index in [9.17, 15) is 4.39 Å². The Bertz CT molecular complexity index is 507. The minimum Gasteiger partial charge on any atom is -0.497 e. The number of anilines is 1. The zero-order valence-corrected chi connectivity index (χ0v) is 11.2. The minimum atomic E-state index is -0.206. The Morgan fingerprint density at radius 1 is 1.05 bits per heavy atom. The summed E-state index contributed by atoms with van der Waals surface area (Å²) in [5.74, 6) is 0.628. The molecular weight excluding hydrogens is 241 g/mol. The summed E-state index contributed by atoms with van der Waals surface area (Å²) >= 11 is 0. The van der Waals surface area contributed by atoms with E-state index in [0.29, 0.717) is 0 Å². The molecule has 2 aromatic rings. The van der Waals surface area contributed by atoms with Crippen molar-refractivity contribution < 1.29 is 9.13 Å². The molecule has 0 aromatic heterocycles. The zero-order valence-electron chi connectivity index (χ0n) is 11.2. The molecule has 0 heterocycles. The lowest BCUT2D eigenvalue weighted by Gasteiger charge is -2.19. The number of hydrogen-bond acceptors (Lipinski definition) is 2. The molecule has 1 atom stereocenters. The topological polar surface area (TPSA) is 21.3 Å².